The van der Waals surface area contributed by atoms with Gasteiger partial charge in [0.2, 0.25) is 5.91 Å². The zero-order valence-electron chi connectivity index (χ0n) is 15.2. The molecule has 1 amide bonds. The van der Waals surface area contributed by atoms with Gasteiger partial charge in [-0.25, -0.2) is 9.07 Å². The number of benzene rings is 1. The van der Waals surface area contributed by atoms with Gasteiger partial charge in [0.15, 0.2) is 0 Å². The number of likely N-dealkylation sites (N-methyl/N-ethyl adjacent to an activating group) is 1. The zero-order chi connectivity index (χ0) is 18.6. The topological polar surface area (TPSA) is 50.2 Å². The van der Waals surface area contributed by atoms with Crippen molar-refractivity contribution in [3.8, 4) is 5.69 Å². The maximum absolute atomic E-state index is 13.0. The Bertz CT molecular complexity index is 738. The molecule has 1 aliphatic heterocycles. The molecular formula is C19H25FN4OS. The second kappa shape index (κ2) is 8.22. The highest BCUT2D eigenvalue weighted by atomic mass is 32.2. The van der Waals surface area contributed by atoms with Crippen LogP contribution >= 0.6 is 11.8 Å². The van der Waals surface area contributed by atoms with Crippen LogP contribution in [0.3, 0.4) is 0 Å². The van der Waals surface area contributed by atoms with E-state index in [0.29, 0.717) is 13.0 Å². The van der Waals surface area contributed by atoms with E-state index in [9.17, 15) is 9.18 Å². The summed E-state index contributed by atoms with van der Waals surface area (Å²) in [6.45, 7) is 0.555. The normalized spacial score (nSPS) is 20.3. The van der Waals surface area contributed by atoms with Crippen LogP contribution in [0.1, 0.15) is 18.5 Å². The standard InChI is InChI=1S/C19H25FN4OS/c1-23(2)19(10-3-13-26-14-19)18(25)21-11-8-16-9-12-24(22-16)17-6-4-15(20)5-7-17/h4-7,9,12H,3,8,10-11,13-14H2,1-2H3,(H,21,25)/t19-/m1/s1. The number of amides is 1. The lowest BCUT2D eigenvalue weighted by atomic mass is 9.92. The number of rotatable bonds is 6. The van der Waals surface area contributed by atoms with Gasteiger partial charge in [-0.2, -0.15) is 16.9 Å². The predicted molar refractivity (Wildman–Crippen MR) is 103 cm³/mol. The van der Waals surface area contributed by atoms with Gasteiger partial charge in [0.1, 0.15) is 11.4 Å². The average Bonchev–Trinajstić information content (AvgIpc) is 3.11. The summed E-state index contributed by atoms with van der Waals surface area (Å²) in [4.78, 5) is 14.8. The van der Waals surface area contributed by atoms with Crippen LogP contribution in [0.5, 0.6) is 0 Å². The van der Waals surface area contributed by atoms with Crippen molar-refractivity contribution < 1.29 is 9.18 Å². The second-order valence-corrected chi connectivity index (χ2v) is 7.92. The third-order valence-corrected chi connectivity index (χ3v) is 6.16. The SMILES string of the molecule is CN(C)[C@]1(C(=O)NCCc2ccn(-c3ccc(F)cc3)n2)CCCSC1. The number of aromatic nitrogens is 2. The van der Waals surface area contributed by atoms with E-state index in [1.165, 1.54) is 12.1 Å². The van der Waals surface area contributed by atoms with Crippen LogP contribution < -0.4 is 5.32 Å². The van der Waals surface area contributed by atoms with Crippen LogP contribution in [-0.4, -0.2) is 58.3 Å². The van der Waals surface area contributed by atoms with Gasteiger partial charge in [-0.05, 0) is 63.0 Å². The fraction of sp³-hybridized carbons (Fsp3) is 0.474. The van der Waals surface area contributed by atoms with Gasteiger partial charge in [-0.15, -0.1) is 0 Å². The summed E-state index contributed by atoms with van der Waals surface area (Å²) in [6.07, 6.45) is 4.48. The Morgan fingerprint density at radius 1 is 1.35 bits per heavy atom. The van der Waals surface area contributed by atoms with Crippen molar-refractivity contribution in [2.75, 3.05) is 32.1 Å². The third-order valence-electron chi connectivity index (χ3n) is 4.90. The molecule has 0 aliphatic carbocycles. The molecule has 1 atom stereocenters. The van der Waals surface area contributed by atoms with Crippen molar-refractivity contribution in [3.05, 3.63) is 48.0 Å². The molecule has 1 saturated heterocycles. The van der Waals surface area contributed by atoms with E-state index in [1.54, 1.807) is 16.8 Å². The van der Waals surface area contributed by atoms with Crippen molar-refractivity contribution in [3.63, 3.8) is 0 Å². The number of halogens is 1. The van der Waals surface area contributed by atoms with E-state index in [0.717, 1.165) is 35.7 Å². The lowest BCUT2D eigenvalue weighted by Gasteiger charge is -2.40. The summed E-state index contributed by atoms with van der Waals surface area (Å²) in [6, 6.07) is 8.14. The van der Waals surface area contributed by atoms with E-state index >= 15 is 0 Å². The molecule has 3 rings (SSSR count). The first-order valence-electron chi connectivity index (χ1n) is 8.85. The molecule has 1 aromatic heterocycles. The van der Waals surface area contributed by atoms with Crippen LogP contribution in [-0.2, 0) is 11.2 Å². The first-order chi connectivity index (χ1) is 12.5. The van der Waals surface area contributed by atoms with Gasteiger partial charge in [0.05, 0.1) is 11.4 Å². The van der Waals surface area contributed by atoms with Gasteiger partial charge < -0.3 is 5.32 Å². The molecule has 0 spiro atoms. The smallest absolute Gasteiger partial charge is 0.241 e. The average molecular weight is 377 g/mol. The van der Waals surface area contributed by atoms with Crippen molar-refractivity contribution in [1.29, 1.82) is 0 Å². The fourth-order valence-corrected chi connectivity index (χ4v) is 4.58. The van der Waals surface area contributed by atoms with Crippen LogP contribution in [0.2, 0.25) is 0 Å². The number of carbonyl (C=O) groups is 1. The molecule has 1 fully saturated rings. The van der Waals surface area contributed by atoms with Crippen LogP contribution in [0, 0.1) is 5.82 Å². The fourth-order valence-electron chi connectivity index (χ4n) is 3.22. The van der Waals surface area contributed by atoms with Gasteiger partial charge in [-0.1, -0.05) is 0 Å². The predicted octanol–water partition coefficient (Wildman–Crippen LogP) is 2.50. The third kappa shape index (κ3) is 4.10. The summed E-state index contributed by atoms with van der Waals surface area (Å²) >= 11 is 1.85. The first kappa shape index (κ1) is 18.9. The molecule has 0 radical (unpaired) electrons. The quantitative estimate of drug-likeness (QED) is 0.842. The molecule has 5 nitrogen and oxygen atoms in total. The number of carbonyl (C=O) groups excluding carboxylic acids is 1. The molecule has 2 heterocycles. The number of hydrogen-bond acceptors (Lipinski definition) is 4. The first-order valence-corrected chi connectivity index (χ1v) is 10.0. The molecule has 2 aromatic rings. The molecular weight excluding hydrogens is 351 g/mol. The molecule has 1 N–H and O–H groups in total. The lowest BCUT2D eigenvalue weighted by Crippen LogP contribution is -2.59. The highest BCUT2D eigenvalue weighted by Crippen LogP contribution is 2.30. The van der Waals surface area contributed by atoms with Crippen molar-refractivity contribution in [1.82, 2.24) is 20.0 Å². The molecule has 0 saturated carbocycles. The van der Waals surface area contributed by atoms with Crippen LogP contribution in [0.4, 0.5) is 4.39 Å². The molecule has 1 aromatic carbocycles. The summed E-state index contributed by atoms with van der Waals surface area (Å²) in [5.74, 6) is 1.81. The van der Waals surface area contributed by atoms with E-state index < -0.39 is 5.54 Å². The maximum atomic E-state index is 13.0. The Morgan fingerprint density at radius 2 is 2.12 bits per heavy atom. The summed E-state index contributed by atoms with van der Waals surface area (Å²) in [5.41, 5.74) is 1.30. The summed E-state index contributed by atoms with van der Waals surface area (Å²) in [5, 5.41) is 7.59. The van der Waals surface area contributed by atoms with Crippen molar-refractivity contribution >= 4 is 17.7 Å². The number of hydrogen-bond donors (Lipinski definition) is 1. The molecule has 0 unspecified atom stereocenters. The highest BCUT2D eigenvalue weighted by Gasteiger charge is 2.41. The number of nitrogens with one attached hydrogen (secondary N) is 1. The van der Waals surface area contributed by atoms with Crippen molar-refractivity contribution in [2.45, 2.75) is 24.8 Å². The van der Waals surface area contributed by atoms with Crippen molar-refractivity contribution in [2.24, 2.45) is 0 Å². The van der Waals surface area contributed by atoms with E-state index in [4.69, 9.17) is 0 Å². The Labute approximate surface area is 157 Å². The number of thioether (sulfide) groups is 1. The minimum atomic E-state index is -0.406. The molecule has 0 bridgehead atoms. The Kier molecular flexibility index (Phi) is 5.98. The van der Waals surface area contributed by atoms with Crippen LogP contribution in [0.25, 0.3) is 5.69 Å². The summed E-state index contributed by atoms with van der Waals surface area (Å²) in [7, 11) is 3.96. The van der Waals surface area contributed by atoms with Gasteiger partial charge >= 0.3 is 0 Å². The van der Waals surface area contributed by atoms with Crippen LogP contribution in [0.15, 0.2) is 36.5 Å². The van der Waals surface area contributed by atoms with E-state index in [-0.39, 0.29) is 11.7 Å². The molecule has 140 valence electrons. The Morgan fingerprint density at radius 3 is 2.77 bits per heavy atom. The summed E-state index contributed by atoms with van der Waals surface area (Å²) < 4.78 is 14.7. The van der Waals surface area contributed by atoms with E-state index in [2.05, 4.69) is 15.3 Å². The zero-order valence-corrected chi connectivity index (χ0v) is 16.1. The van der Waals surface area contributed by atoms with Gasteiger partial charge in [0.25, 0.3) is 0 Å². The number of nitrogens with zero attached hydrogens (tertiary/aromatic N) is 3. The van der Waals surface area contributed by atoms with Gasteiger partial charge in [0, 0.05) is 24.9 Å². The molecule has 1 aliphatic rings. The monoisotopic (exact) mass is 376 g/mol. The Hall–Kier alpha value is -1.86. The Balaban J connectivity index is 1.56. The highest BCUT2D eigenvalue weighted by molar-refractivity contribution is 7.99. The lowest BCUT2D eigenvalue weighted by molar-refractivity contribution is -0.131. The van der Waals surface area contributed by atoms with E-state index in [1.807, 2.05) is 38.1 Å². The second-order valence-electron chi connectivity index (χ2n) is 6.82. The minimum absolute atomic E-state index is 0.104. The molecule has 7 heteroatoms. The molecule has 26 heavy (non-hydrogen) atoms. The van der Waals surface area contributed by atoms with Gasteiger partial charge in [-0.3, -0.25) is 9.69 Å². The largest absolute Gasteiger partial charge is 0.354 e. The minimum Gasteiger partial charge on any atom is -0.354 e. The maximum Gasteiger partial charge on any atom is 0.241 e.